The Labute approximate surface area is 155 Å². The van der Waals surface area contributed by atoms with Crippen molar-refractivity contribution in [1.29, 1.82) is 0 Å². The molecule has 0 unspecified atom stereocenters. The van der Waals surface area contributed by atoms with Gasteiger partial charge in [-0.05, 0) is 42.5 Å². The molecular formula is C20H18N2O5. The smallest absolute Gasteiger partial charge is 0.291 e. The zero-order chi connectivity index (χ0) is 19.2. The monoisotopic (exact) mass is 366 g/mol. The highest BCUT2D eigenvalue weighted by atomic mass is 16.5. The van der Waals surface area contributed by atoms with E-state index < -0.39 is 0 Å². The van der Waals surface area contributed by atoms with E-state index in [1.807, 2.05) is 0 Å². The maximum Gasteiger partial charge on any atom is 0.291 e. The van der Waals surface area contributed by atoms with Crippen molar-refractivity contribution >= 4 is 23.2 Å². The van der Waals surface area contributed by atoms with Crippen LogP contribution in [0, 0.1) is 0 Å². The molecule has 0 saturated carbocycles. The Morgan fingerprint density at radius 1 is 0.815 bits per heavy atom. The number of ether oxygens (including phenoxy) is 2. The molecule has 0 saturated heterocycles. The standard InChI is InChI=1S/C20H18N2O5/c1-25-16-9-13(10-17(12-16)26-2)19(23)21-14-5-3-6-15(11-14)22-20(24)18-7-4-8-27-18/h3-12H,1-2H3,(H,21,23)(H,22,24). The molecule has 0 radical (unpaired) electrons. The summed E-state index contributed by atoms with van der Waals surface area (Å²) >= 11 is 0. The Kier molecular flexibility index (Phi) is 5.41. The van der Waals surface area contributed by atoms with Crippen molar-refractivity contribution in [3.05, 3.63) is 72.2 Å². The number of carbonyl (C=O) groups excluding carboxylic acids is 2. The van der Waals surface area contributed by atoms with Gasteiger partial charge in [0.15, 0.2) is 5.76 Å². The summed E-state index contributed by atoms with van der Waals surface area (Å²) in [7, 11) is 3.03. The summed E-state index contributed by atoms with van der Waals surface area (Å²) < 4.78 is 15.4. The first-order valence-corrected chi connectivity index (χ1v) is 8.08. The molecular weight excluding hydrogens is 348 g/mol. The second-order valence-electron chi connectivity index (χ2n) is 5.57. The van der Waals surface area contributed by atoms with Gasteiger partial charge in [-0.1, -0.05) is 6.07 Å². The third kappa shape index (κ3) is 4.46. The van der Waals surface area contributed by atoms with Crippen molar-refractivity contribution < 1.29 is 23.5 Å². The van der Waals surface area contributed by atoms with Crippen LogP contribution >= 0.6 is 0 Å². The molecule has 2 amide bonds. The molecule has 1 heterocycles. The molecule has 27 heavy (non-hydrogen) atoms. The van der Waals surface area contributed by atoms with E-state index in [1.165, 1.54) is 20.5 Å². The summed E-state index contributed by atoms with van der Waals surface area (Å²) in [5.41, 5.74) is 1.44. The van der Waals surface area contributed by atoms with Crippen LogP contribution in [0.4, 0.5) is 11.4 Å². The molecule has 1 aromatic heterocycles. The van der Waals surface area contributed by atoms with Crippen LogP contribution in [0.3, 0.4) is 0 Å². The zero-order valence-electron chi connectivity index (χ0n) is 14.8. The number of furan rings is 1. The summed E-state index contributed by atoms with van der Waals surface area (Å²) in [5.74, 6) is 0.522. The molecule has 0 atom stereocenters. The van der Waals surface area contributed by atoms with Crippen molar-refractivity contribution in [1.82, 2.24) is 0 Å². The Morgan fingerprint density at radius 2 is 1.44 bits per heavy atom. The minimum atomic E-state index is -0.374. The minimum Gasteiger partial charge on any atom is -0.497 e. The third-order valence-corrected chi connectivity index (χ3v) is 3.74. The Bertz CT molecular complexity index is 929. The van der Waals surface area contributed by atoms with Crippen LogP contribution in [-0.2, 0) is 0 Å². The van der Waals surface area contributed by atoms with Gasteiger partial charge in [-0.3, -0.25) is 9.59 Å². The van der Waals surface area contributed by atoms with Gasteiger partial charge < -0.3 is 24.5 Å². The second-order valence-corrected chi connectivity index (χ2v) is 5.57. The van der Waals surface area contributed by atoms with E-state index in [4.69, 9.17) is 13.9 Å². The van der Waals surface area contributed by atoms with Crippen molar-refractivity contribution in [3.63, 3.8) is 0 Å². The van der Waals surface area contributed by atoms with Crippen molar-refractivity contribution in [2.45, 2.75) is 0 Å². The maximum atomic E-state index is 12.5. The van der Waals surface area contributed by atoms with Gasteiger partial charge >= 0.3 is 0 Å². The minimum absolute atomic E-state index is 0.202. The molecule has 0 aliphatic rings. The van der Waals surface area contributed by atoms with Crippen molar-refractivity contribution in [2.24, 2.45) is 0 Å². The molecule has 7 heteroatoms. The van der Waals surface area contributed by atoms with Gasteiger partial charge in [0.25, 0.3) is 11.8 Å². The van der Waals surface area contributed by atoms with Gasteiger partial charge in [0, 0.05) is 23.0 Å². The summed E-state index contributed by atoms with van der Waals surface area (Å²) in [6.45, 7) is 0. The van der Waals surface area contributed by atoms with E-state index in [-0.39, 0.29) is 17.6 Å². The first-order chi connectivity index (χ1) is 13.1. The highest BCUT2D eigenvalue weighted by Gasteiger charge is 2.12. The van der Waals surface area contributed by atoms with Crippen LogP contribution in [0.5, 0.6) is 11.5 Å². The number of methoxy groups -OCH3 is 2. The Morgan fingerprint density at radius 3 is 2.00 bits per heavy atom. The number of hydrogen-bond donors (Lipinski definition) is 2. The van der Waals surface area contributed by atoms with E-state index in [9.17, 15) is 9.59 Å². The molecule has 7 nitrogen and oxygen atoms in total. The predicted octanol–water partition coefficient (Wildman–Crippen LogP) is 3.80. The molecule has 0 aliphatic heterocycles. The van der Waals surface area contributed by atoms with Crippen LogP contribution < -0.4 is 20.1 Å². The van der Waals surface area contributed by atoms with E-state index >= 15 is 0 Å². The fourth-order valence-corrected chi connectivity index (χ4v) is 2.42. The van der Waals surface area contributed by atoms with Gasteiger partial charge in [0.2, 0.25) is 0 Å². The number of anilines is 2. The van der Waals surface area contributed by atoms with Gasteiger partial charge in [0.05, 0.1) is 20.5 Å². The van der Waals surface area contributed by atoms with Crippen molar-refractivity contribution in [3.8, 4) is 11.5 Å². The highest BCUT2D eigenvalue weighted by Crippen LogP contribution is 2.24. The van der Waals surface area contributed by atoms with Gasteiger partial charge in [-0.2, -0.15) is 0 Å². The lowest BCUT2D eigenvalue weighted by molar-refractivity contribution is 0.0995. The first-order valence-electron chi connectivity index (χ1n) is 8.08. The number of benzene rings is 2. The topological polar surface area (TPSA) is 89.8 Å². The SMILES string of the molecule is COc1cc(OC)cc(C(=O)Nc2cccc(NC(=O)c3ccco3)c2)c1. The predicted molar refractivity (Wildman–Crippen MR) is 101 cm³/mol. The van der Waals surface area contributed by atoms with Crippen LogP contribution in [0.25, 0.3) is 0 Å². The number of carbonyl (C=O) groups is 2. The molecule has 3 rings (SSSR count). The lowest BCUT2D eigenvalue weighted by atomic mass is 10.1. The third-order valence-electron chi connectivity index (χ3n) is 3.74. The summed E-state index contributed by atoms with van der Waals surface area (Å²) in [6, 6.07) is 14.9. The Hall–Kier alpha value is -3.74. The van der Waals surface area contributed by atoms with Crippen molar-refractivity contribution in [2.75, 3.05) is 24.9 Å². The average molecular weight is 366 g/mol. The van der Waals surface area contributed by atoms with Crippen LogP contribution in [0.1, 0.15) is 20.9 Å². The van der Waals surface area contributed by atoms with Crippen LogP contribution in [-0.4, -0.2) is 26.0 Å². The number of amides is 2. The number of rotatable bonds is 6. The molecule has 0 aliphatic carbocycles. The van der Waals surface area contributed by atoms with Gasteiger partial charge in [-0.15, -0.1) is 0 Å². The van der Waals surface area contributed by atoms with E-state index in [1.54, 1.807) is 54.6 Å². The lowest BCUT2D eigenvalue weighted by Gasteiger charge is -2.10. The second kappa shape index (κ2) is 8.09. The summed E-state index contributed by atoms with van der Waals surface area (Å²) in [5, 5.41) is 5.49. The van der Waals surface area contributed by atoms with E-state index in [0.717, 1.165) is 0 Å². The zero-order valence-corrected chi connectivity index (χ0v) is 14.8. The van der Waals surface area contributed by atoms with E-state index in [2.05, 4.69) is 10.6 Å². The largest absolute Gasteiger partial charge is 0.497 e. The first kappa shape index (κ1) is 18.1. The molecule has 2 aromatic carbocycles. The Balaban J connectivity index is 1.74. The fourth-order valence-electron chi connectivity index (χ4n) is 2.42. The molecule has 2 N–H and O–H groups in total. The summed E-state index contributed by atoms with van der Waals surface area (Å²) in [6.07, 6.45) is 1.42. The lowest BCUT2D eigenvalue weighted by Crippen LogP contribution is -2.14. The average Bonchev–Trinajstić information content (AvgIpc) is 3.22. The van der Waals surface area contributed by atoms with Crippen LogP contribution in [0.2, 0.25) is 0 Å². The van der Waals surface area contributed by atoms with Crippen LogP contribution in [0.15, 0.2) is 65.3 Å². The molecule has 3 aromatic rings. The van der Waals surface area contributed by atoms with Gasteiger partial charge in [-0.25, -0.2) is 0 Å². The van der Waals surface area contributed by atoms with E-state index in [0.29, 0.717) is 28.4 Å². The maximum absolute atomic E-state index is 12.5. The molecule has 0 fully saturated rings. The highest BCUT2D eigenvalue weighted by molar-refractivity contribution is 6.06. The molecule has 0 spiro atoms. The number of nitrogens with one attached hydrogen (secondary N) is 2. The molecule has 0 bridgehead atoms. The quantitative estimate of drug-likeness (QED) is 0.692. The normalized spacial score (nSPS) is 10.1. The summed E-state index contributed by atoms with van der Waals surface area (Å²) in [4.78, 5) is 24.6. The van der Waals surface area contributed by atoms with Gasteiger partial charge in [0.1, 0.15) is 11.5 Å². The number of hydrogen-bond acceptors (Lipinski definition) is 5. The fraction of sp³-hybridized carbons (Fsp3) is 0.100. The molecule has 138 valence electrons.